The summed E-state index contributed by atoms with van der Waals surface area (Å²) in [6, 6.07) is 14.8. The Morgan fingerprint density at radius 3 is 2.29 bits per heavy atom. The standard InChI is InChI=1S/C34H36F3N5O3/c1-5-45-32(43)13-23-24-17-40(18-25(23)24)34(44)29-14-30-38-28(22-11-26(35)33(37)27(36)12-22)15-31(42(30)39-29)41(16-19(2)3)20(4)21-9-7-6-8-10-21/h6-12,14-15,19-20,23-25H,5,13,16-18H2,1-4H3/t20-,23-,24-,25+/m0/s1. The molecule has 2 aromatic carbocycles. The van der Waals surface area contributed by atoms with Crippen molar-refractivity contribution in [2.24, 2.45) is 23.7 Å². The summed E-state index contributed by atoms with van der Waals surface area (Å²) in [5.41, 5.74) is 1.83. The second kappa shape index (κ2) is 12.2. The highest BCUT2D eigenvalue weighted by atomic mass is 19.2. The number of nitrogens with zero attached hydrogens (tertiary/aromatic N) is 5. The molecule has 0 radical (unpaired) electrons. The van der Waals surface area contributed by atoms with Crippen molar-refractivity contribution in [3.8, 4) is 11.3 Å². The molecule has 1 saturated carbocycles. The van der Waals surface area contributed by atoms with E-state index in [1.54, 1.807) is 28.5 Å². The van der Waals surface area contributed by atoms with Gasteiger partial charge in [0.2, 0.25) is 0 Å². The molecule has 11 heteroatoms. The van der Waals surface area contributed by atoms with E-state index in [1.807, 2.05) is 30.3 Å². The average Bonchev–Trinajstić information content (AvgIpc) is 3.34. The van der Waals surface area contributed by atoms with Crippen LogP contribution in [-0.4, -0.2) is 57.6 Å². The van der Waals surface area contributed by atoms with Gasteiger partial charge >= 0.3 is 5.97 Å². The topological polar surface area (TPSA) is 80.0 Å². The number of anilines is 1. The summed E-state index contributed by atoms with van der Waals surface area (Å²) < 4.78 is 49.2. The van der Waals surface area contributed by atoms with Crippen LogP contribution >= 0.6 is 0 Å². The van der Waals surface area contributed by atoms with Crippen LogP contribution in [0.25, 0.3) is 16.9 Å². The number of amides is 1. The molecule has 8 nitrogen and oxygen atoms in total. The lowest BCUT2D eigenvalue weighted by Gasteiger charge is -2.33. The summed E-state index contributed by atoms with van der Waals surface area (Å²) in [6.07, 6.45) is 0.367. The Morgan fingerprint density at radius 2 is 1.67 bits per heavy atom. The second-order valence-corrected chi connectivity index (χ2v) is 12.4. The van der Waals surface area contributed by atoms with Crippen LogP contribution in [0.5, 0.6) is 0 Å². The smallest absolute Gasteiger partial charge is 0.306 e. The molecule has 0 unspecified atom stereocenters. The molecule has 0 bridgehead atoms. The van der Waals surface area contributed by atoms with Gasteiger partial charge < -0.3 is 14.5 Å². The second-order valence-electron chi connectivity index (χ2n) is 12.4. The molecular weight excluding hydrogens is 583 g/mol. The number of hydrogen-bond donors (Lipinski definition) is 0. The van der Waals surface area contributed by atoms with Gasteiger partial charge in [0.25, 0.3) is 5.91 Å². The third-order valence-corrected chi connectivity index (χ3v) is 8.88. The van der Waals surface area contributed by atoms with E-state index in [9.17, 15) is 22.8 Å². The molecule has 0 N–H and O–H groups in total. The van der Waals surface area contributed by atoms with Crippen LogP contribution in [0.3, 0.4) is 0 Å². The number of carbonyl (C=O) groups is 2. The number of piperidine rings is 1. The van der Waals surface area contributed by atoms with E-state index < -0.39 is 17.5 Å². The summed E-state index contributed by atoms with van der Waals surface area (Å²) >= 11 is 0. The number of benzene rings is 2. The van der Waals surface area contributed by atoms with Crippen LogP contribution in [0, 0.1) is 41.1 Å². The number of halogens is 3. The van der Waals surface area contributed by atoms with Gasteiger partial charge in [-0.1, -0.05) is 44.2 Å². The maximum absolute atomic E-state index is 14.3. The number of hydrogen-bond acceptors (Lipinski definition) is 6. The number of fused-ring (bicyclic) bond motifs is 2. The Labute approximate surface area is 259 Å². The highest BCUT2D eigenvalue weighted by Gasteiger charge is 2.57. The maximum Gasteiger partial charge on any atom is 0.306 e. The first-order chi connectivity index (χ1) is 21.5. The minimum atomic E-state index is -1.55. The van der Waals surface area contributed by atoms with Gasteiger partial charge in [0.05, 0.1) is 18.3 Å². The summed E-state index contributed by atoms with van der Waals surface area (Å²) in [6.45, 7) is 10.0. The normalized spacial score (nSPS) is 19.6. The van der Waals surface area contributed by atoms with Gasteiger partial charge in [0, 0.05) is 43.8 Å². The van der Waals surface area contributed by atoms with Crippen LogP contribution in [0.15, 0.2) is 54.6 Å². The van der Waals surface area contributed by atoms with Crippen LogP contribution in [-0.2, 0) is 9.53 Å². The van der Waals surface area contributed by atoms with Crippen molar-refractivity contribution < 1.29 is 27.5 Å². The molecule has 4 atom stereocenters. The summed E-state index contributed by atoms with van der Waals surface area (Å²) in [5.74, 6) is -3.11. The van der Waals surface area contributed by atoms with Crippen LogP contribution < -0.4 is 4.90 Å². The van der Waals surface area contributed by atoms with Gasteiger partial charge in [-0.25, -0.2) is 18.2 Å². The molecule has 2 aromatic heterocycles. The highest BCUT2D eigenvalue weighted by Crippen LogP contribution is 2.53. The van der Waals surface area contributed by atoms with E-state index in [0.29, 0.717) is 44.1 Å². The van der Waals surface area contributed by atoms with Gasteiger partial charge in [-0.05, 0) is 55.2 Å². The van der Waals surface area contributed by atoms with Gasteiger partial charge in [-0.15, -0.1) is 0 Å². The Balaban J connectivity index is 1.38. The van der Waals surface area contributed by atoms with Crippen LogP contribution in [0.4, 0.5) is 19.0 Å². The highest BCUT2D eigenvalue weighted by molar-refractivity contribution is 5.94. The van der Waals surface area contributed by atoms with Gasteiger partial charge in [-0.3, -0.25) is 9.59 Å². The maximum atomic E-state index is 14.3. The molecule has 1 saturated heterocycles. The fraction of sp³-hybridized carbons (Fsp3) is 0.412. The predicted molar refractivity (Wildman–Crippen MR) is 163 cm³/mol. The van der Waals surface area contributed by atoms with Crippen molar-refractivity contribution >= 4 is 23.3 Å². The van der Waals surface area contributed by atoms with Gasteiger partial charge in [0.1, 0.15) is 5.82 Å². The monoisotopic (exact) mass is 619 g/mol. The molecule has 4 aromatic rings. The van der Waals surface area contributed by atoms with Crippen molar-refractivity contribution in [1.82, 2.24) is 19.5 Å². The minimum Gasteiger partial charge on any atom is -0.466 e. The lowest BCUT2D eigenvalue weighted by Crippen LogP contribution is -2.33. The molecule has 2 aliphatic rings. The van der Waals surface area contributed by atoms with E-state index in [4.69, 9.17) is 9.84 Å². The summed E-state index contributed by atoms with van der Waals surface area (Å²) in [4.78, 5) is 34.1. The first kappa shape index (κ1) is 30.6. The number of likely N-dealkylation sites (tertiary alicyclic amines) is 1. The number of aromatic nitrogens is 3. The Morgan fingerprint density at radius 1 is 1.00 bits per heavy atom. The molecule has 236 valence electrons. The molecule has 3 heterocycles. The van der Waals surface area contributed by atoms with Gasteiger partial charge in [0.15, 0.2) is 28.8 Å². The zero-order chi connectivity index (χ0) is 32.0. The van der Waals surface area contributed by atoms with E-state index in [2.05, 4.69) is 30.7 Å². The number of rotatable bonds is 10. The predicted octanol–water partition coefficient (Wildman–Crippen LogP) is 6.31. The molecule has 6 rings (SSSR count). The Hall–Kier alpha value is -4.41. The van der Waals surface area contributed by atoms with E-state index in [0.717, 1.165) is 17.7 Å². The molecule has 0 spiro atoms. The zero-order valence-corrected chi connectivity index (χ0v) is 25.7. The Bertz CT molecular complexity index is 1710. The molecule has 1 aliphatic carbocycles. The average molecular weight is 620 g/mol. The minimum absolute atomic E-state index is 0.0633. The largest absolute Gasteiger partial charge is 0.466 e. The molecule has 1 aliphatic heterocycles. The lowest BCUT2D eigenvalue weighted by atomic mass is 10.0. The third kappa shape index (κ3) is 6.00. The SMILES string of the molecule is CCOC(=O)C[C@@H]1[C@H]2CN(C(=O)c3cc4nc(-c5cc(F)c(F)c(F)c5)cc(N(CC(C)C)[C@@H](C)c5ccccc5)n4n3)C[C@@H]12. The van der Waals surface area contributed by atoms with Crippen molar-refractivity contribution in [3.63, 3.8) is 0 Å². The fourth-order valence-electron chi connectivity index (χ4n) is 6.57. The zero-order valence-electron chi connectivity index (χ0n) is 25.7. The summed E-state index contributed by atoms with van der Waals surface area (Å²) in [5, 5.41) is 4.72. The van der Waals surface area contributed by atoms with Crippen LogP contribution in [0.1, 0.15) is 56.2 Å². The Kier molecular flexibility index (Phi) is 8.28. The van der Waals surface area contributed by atoms with Gasteiger partial charge in [-0.2, -0.15) is 9.61 Å². The van der Waals surface area contributed by atoms with Crippen molar-refractivity contribution in [2.75, 3.05) is 31.1 Å². The first-order valence-electron chi connectivity index (χ1n) is 15.4. The molecular formula is C34H36F3N5O3. The van der Waals surface area contributed by atoms with Crippen molar-refractivity contribution in [3.05, 3.63) is 83.3 Å². The molecule has 1 amide bonds. The van der Waals surface area contributed by atoms with Crippen LogP contribution in [0.2, 0.25) is 0 Å². The number of carbonyl (C=O) groups excluding carboxylic acids is 2. The summed E-state index contributed by atoms with van der Waals surface area (Å²) in [7, 11) is 0. The van der Waals surface area contributed by atoms with Crippen molar-refractivity contribution in [1.29, 1.82) is 0 Å². The molecule has 2 fully saturated rings. The number of esters is 1. The first-order valence-corrected chi connectivity index (χ1v) is 15.4. The van der Waals surface area contributed by atoms with E-state index in [1.165, 1.54) is 0 Å². The quantitative estimate of drug-likeness (QED) is 0.153. The van der Waals surface area contributed by atoms with E-state index in [-0.39, 0.29) is 58.5 Å². The van der Waals surface area contributed by atoms with E-state index >= 15 is 0 Å². The number of ether oxygens (including phenoxy) is 1. The fourth-order valence-corrected chi connectivity index (χ4v) is 6.57. The third-order valence-electron chi connectivity index (χ3n) is 8.88. The van der Waals surface area contributed by atoms with Crippen molar-refractivity contribution in [2.45, 2.75) is 40.2 Å². The lowest BCUT2D eigenvalue weighted by molar-refractivity contribution is -0.143. The molecule has 45 heavy (non-hydrogen) atoms.